The van der Waals surface area contributed by atoms with Gasteiger partial charge in [0, 0.05) is 6.54 Å². The van der Waals surface area contributed by atoms with Gasteiger partial charge >= 0.3 is 16.2 Å². The van der Waals surface area contributed by atoms with Crippen molar-refractivity contribution in [1.29, 1.82) is 0 Å². The summed E-state index contributed by atoms with van der Waals surface area (Å²) in [6.45, 7) is 7.58. The normalized spacial score (nSPS) is 20.8. The molecular formula is C12H21NO5S. The summed E-state index contributed by atoms with van der Waals surface area (Å²) in [5.41, 5.74) is -0.645. The standard InChI is InChI=1S/C12H21NO5S/c1-9-6-7-10(18-19(5,15)16)13(8-9)11(14)17-12(2,3)4/h7,9H,6,8H2,1-5H3. The molecule has 1 aliphatic rings. The van der Waals surface area contributed by atoms with E-state index < -0.39 is 21.8 Å². The SMILES string of the molecule is CC1CC=C(OS(C)(=O)=O)N(C(=O)OC(C)(C)C)C1. The molecule has 0 aromatic rings. The number of ether oxygens (including phenoxy) is 1. The molecule has 0 spiro atoms. The lowest BCUT2D eigenvalue weighted by molar-refractivity contribution is 0.0200. The van der Waals surface area contributed by atoms with Crippen molar-refractivity contribution in [2.75, 3.05) is 12.8 Å². The van der Waals surface area contributed by atoms with Gasteiger partial charge in [-0.15, -0.1) is 0 Å². The Morgan fingerprint density at radius 3 is 2.47 bits per heavy atom. The van der Waals surface area contributed by atoms with Crippen molar-refractivity contribution < 1.29 is 22.1 Å². The third-order valence-corrected chi connectivity index (χ3v) is 2.78. The maximum absolute atomic E-state index is 12.0. The zero-order valence-corrected chi connectivity index (χ0v) is 12.8. The van der Waals surface area contributed by atoms with E-state index in [0.717, 1.165) is 6.26 Å². The molecule has 1 rings (SSSR count). The molecule has 1 amide bonds. The van der Waals surface area contributed by atoms with Crippen molar-refractivity contribution in [3.8, 4) is 0 Å². The van der Waals surface area contributed by atoms with Gasteiger partial charge in [-0.05, 0) is 39.2 Å². The molecule has 0 saturated carbocycles. The Morgan fingerprint density at radius 1 is 1.42 bits per heavy atom. The van der Waals surface area contributed by atoms with Crippen LogP contribution in [0.1, 0.15) is 34.1 Å². The van der Waals surface area contributed by atoms with Crippen molar-refractivity contribution in [1.82, 2.24) is 4.90 Å². The monoisotopic (exact) mass is 291 g/mol. The molecule has 0 saturated heterocycles. The highest BCUT2D eigenvalue weighted by Gasteiger charge is 2.31. The summed E-state index contributed by atoms with van der Waals surface area (Å²) in [6, 6.07) is 0. The van der Waals surface area contributed by atoms with Crippen LogP contribution in [0.4, 0.5) is 4.79 Å². The van der Waals surface area contributed by atoms with E-state index in [-0.39, 0.29) is 11.8 Å². The van der Waals surface area contributed by atoms with Gasteiger partial charge < -0.3 is 8.92 Å². The summed E-state index contributed by atoms with van der Waals surface area (Å²) in [6.07, 6.45) is 2.59. The molecule has 19 heavy (non-hydrogen) atoms. The van der Waals surface area contributed by atoms with E-state index in [0.29, 0.717) is 13.0 Å². The number of hydrogen-bond acceptors (Lipinski definition) is 5. The predicted molar refractivity (Wildman–Crippen MR) is 70.7 cm³/mol. The van der Waals surface area contributed by atoms with Crippen LogP contribution in [0.2, 0.25) is 0 Å². The molecule has 0 bridgehead atoms. The van der Waals surface area contributed by atoms with Gasteiger partial charge in [0.05, 0.1) is 6.26 Å². The van der Waals surface area contributed by atoms with E-state index >= 15 is 0 Å². The van der Waals surface area contributed by atoms with Crippen molar-refractivity contribution in [2.45, 2.75) is 39.7 Å². The Kier molecular flexibility index (Phi) is 4.50. The highest BCUT2D eigenvalue weighted by molar-refractivity contribution is 7.86. The first kappa shape index (κ1) is 15.8. The van der Waals surface area contributed by atoms with Gasteiger partial charge in [0.2, 0.25) is 5.88 Å². The number of carbonyl (C=O) groups excluding carboxylic acids is 1. The highest BCUT2D eigenvalue weighted by Crippen LogP contribution is 2.24. The van der Waals surface area contributed by atoms with Crippen LogP contribution < -0.4 is 0 Å². The average Bonchev–Trinajstić information content (AvgIpc) is 2.16. The Bertz CT molecular complexity index is 475. The minimum Gasteiger partial charge on any atom is -0.443 e. The largest absolute Gasteiger partial charge is 0.443 e. The zero-order valence-electron chi connectivity index (χ0n) is 12.0. The van der Waals surface area contributed by atoms with Crippen LogP contribution in [0.5, 0.6) is 0 Å². The smallest absolute Gasteiger partial charge is 0.417 e. The van der Waals surface area contributed by atoms with Crippen molar-refractivity contribution in [3.05, 3.63) is 12.0 Å². The summed E-state index contributed by atoms with van der Waals surface area (Å²) in [7, 11) is -3.67. The molecule has 0 aliphatic carbocycles. The van der Waals surface area contributed by atoms with Gasteiger partial charge in [-0.1, -0.05) is 6.92 Å². The van der Waals surface area contributed by atoms with Crippen LogP contribution in [0, 0.1) is 5.92 Å². The second-order valence-corrected chi connectivity index (χ2v) is 7.34. The molecule has 0 aromatic carbocycles. The third kappa shape index (κ3) is 5.50. The van der Waals surface area contributed by atoms with Gasteiger partial charge in [-0.2, -0.15) is 8.42 Å². The highest BCUT2D eigenvalue weighted by atomic mass is 32.2. The van der Waals surface area contributed by atoms with Crippen molar-refractivity contribution in [3.63, 3.8) is 0 Å². The summed E-state index contributed by atoms with van der Waals surface area (Å²) in [5, 5.41) is 0. The fourth-order valence-corrected chi connectivity index (χ4v) is 2.07. The average molecular weight is 291 g/mol. The molecule has 0 radical (unpaired) electrons. The summed E-state index contributed by atoms with van der Waals surface area (Å²) in [5.74, 6) is 0.245. The zero-order chi connectivity index (χ0) is 14.8. The molecule has 0 aromatic heterocycles. The number of allylic oxidation sites excluding steroid dienone is 1. The second kappa shape index (κ2) is 5.40. The van der Waals surface area contributed by atoms with Crippen LogP contribution >= 0.6 is 0 Å². The minimum absolute atomic E-state index is 0.0230. The molecule has 1 heterocycles. The van der Waals surface area contributed by atoms with Crippen molar-refractivity contribution >= 4 is 16.2 Å². The van der Waals surface area contributed by atoms with E-state index in [1.807, 2.05) is 6.92 Å². The van der Waals surface area contributed by atoms with Crippen molar-refractivity contribution in [2.24, 2.45) is 5.92 Å². The number of amides is 1. The molecule has 1 unspecified atom stereocenters. The molecule has 0 N–H and O–H groups in total. The fourth-order valence-electron chi connectivity index (χ4n) is 1.60. The second-order valence-electron chi connectivity index (χ2n) is 5.76. The van der Waals surface area contributed by atoms with E-state index in [2.05, 4.69) is 0 Å². The van der Waals surface area contributed by atoms with Gasteiger partial charge in [0.25, 0.3) is 0 Å². The lowest BCUT2D eigenvalue weighted by atomic mass is 10.0. The topological polar surface area (TPSA) is 72.9 Å². The Morgan fingerprint density at radius 2 is 2.00 bits per heavy atom. The fraction of sp³-hybridized carbons (Fsp3) is 0.750. The molecule has 6 nitrogen and oxygen atoms in total. The Hall–Kier alpha value is -1.24. The Balaban J connectivity index is 2.91. The molecule has 1 atom stereocenters. The number of rotatable bonds is 2. The van der Waals surface area contributed by atoms with Crippen LogP contribution in [-0.4, -0.2) is 37.8 Å². The molecule has 7 heteroatoms. The van der Waals surface area contributed by atoms with Gasteiger partial charge in [0.15, 0.2) is 0 Å². The number of hydrogen-bond donors (Lipinski definition) is 0. The van der Waals surface area contributed by atoms with E-state index in [4.69, 9.17) is 8.92 Å². The van der Waals surface area contributed by atoms with Crippen LogP contribution in [0.3, 0.4) is 0 Å². The van der Waals surface area contributed by atoms with Crippen LogP contribution in [0.25, 0.3) is 0 Å². The molecule has 0 fully saturated rings. The third-order valence-electron chi connectivity index (χ3n) is 2.31. The van der Waals surface area contributed by atoms with Gasteiger partial charge in [-0.3, -0.25) is 0 Å². The predicted octanol–water partition coefficient (Wildman–Crippen LogP) is 2.08. The molecular weight excluding hydrogens is 270 g/mol. The Labute approximate surface area is 114 Å². The minimum atomic E-state index is -3.67. The first-order valence-electron chi connectivity index (χ1n) is 6.08. The quantitative estimate of drug-likeness (QED) is 0.728. The van der Waals surface area contributed by atoms with Gasteiger partial charge in [-0.25, -0.2) is 9.69 Å². The first-order valence-corrected chi connectivity index (χ1v) is 7.90. The van der Waals surface area contributed by atoms with Crippen LogP contribution in [-0.2, 0) is 19.0 Å². The first-order chi connectivity index (χ1) is 8.48. The summed E-state index contributed by atoms with van der Waals surface area (Å²) in [4.78, 5) is 13.3. The molecule has 110 valence electrons. The maximum atomic E-state index is 12.0. The van der Waals surface area contributed by atoms with Gasteiger partial charge in [0.1, 0.15) is 5.60 Å². The molecule has 1 aliphatic heterocycles. The summed E-state index contributed by atoms with van der Waals surface area (Å²) < 4.78 is 32.5. The number of nitrogens with zero attached hydrogens (tertiary/aromatic N) is 1. The van der Waals surface area contributed by atoms with E-state index in [1.165, 1.54) is 4.90 Å². The number of carbonyl (C=O) groups is 1. The van der Waals surface area contributed by atoms with E-state index in [9.17, 15) is 13.2 Å². The van der Waals surface area contributed by atoms with E-state index in [1.54, 1.807) is 26.8 Å². The lowest BCUT2D eigenvalue weighted by Gasteiger charge is -2.32. The maximum Gasteiger partial charge on any atom is 0.417 e. The van der Waals surface area contributed by atoms with Crippen LogP contribution in [0.15, 0.2) is 12.0 Å². The lowest BCUT2D eigenvalue weighted by Crippen LogP contribution is -2.41. The summed E-state index contributed by atoms with van der Waals surface area (Å²) >= 11 is 0.